The summed E-state index contributed by atoms with van der Waals surface area (Å²) in [4.78, 5) is 33.1. The number of carbonyl (C=O) groups is 1. The van der Waals surface area contributed by atoms with Crippen LogP contribution >= 0.6 is 0 Å². The van der Waals surface area contributed by atoms with Crippen LogP contribution in [0.1, 0.15) is 30.9 Å². The van der Waals surface area contributed by atoms with Crippen molar-refractivity contribution in [1.29, 1.82) is 0 Å². The van der Waals surface area contributed by atoms with E-state index < -0.39 is 76.9 Å². The van der Waals surface area contributed by atoms with Gasteiger partial charge in [-0.15, -0.1) is 0 Å². The first-order valence-electron chi connectivity index (χ1n) is 12.4. The fraction of sp³-hybridized carbons (Fsp3) is 0.269. The van der Waals surface area contributed by atoms with E-state index in [-0.39, 0.29) is 28.8 Å². The zero-order valence-electron chi connectivity index (χ0n) is 22.6. The number of nitrogens with one attached hydrogen (secondary N) is 2. The van der Waals surface area contributed by atoms with Crippen molar-refractivity contribution >= 4 is 17.4 Å². The monoisotopic (exact) mass is 631 g/mol. The van der Waals surface area contributed by atoms with Crippen LogP contribution in [0, 0.1) is 11.6 Å². The summed E-state index contributed by atoms with van der Waals surface area (Å²) in [5.74, 6) is -6.94. The molecule has 0 radical (unpaired) electrons. The minimum Gasteiger partial charge on any atom is -0.399 e. The van der Waals surface area contributed by atoms with Crippen LogP contribution in [-0.2, 0) is 30.2 Å². The largest absolute Gasteiger partial charge is 0.471 e. The van der Waals surface area contributed by atoms with Crippen LogP contribution in [0.15, 0.2) is 45.8 Å². The van der Waals surface area contributed by atoms with Gasteiger partial charge in [0.15, 0.2) is 17.5 Å². The van der Waals surface area contributed by atoms with E-state index in [4.69, 9.17) is 5.73 Å². The number of nitrogens with zero attached hydrogens (tertiary/aromatic N) is 4. The van der Waals surface area contributed by atoms with E-state index in [1.165, 1.54) is 0 Å². The summed E-state index contributed by atoms with van der Waals surface area (Å²) in [6.45, 7) is 1.94. The molecule has 4 aromatic rings. The highest BCUT2D eigenvalue weighted by Gasteiger charge is 2.39. The summed E-state index contributed by atoms with van der Waals surface area (Å²) in [6, 6.07) is 4.10. The van der Waals surface area contributed by atoms with Crippen molar-refractivity contribution in [3.8, 4) is 22.6 Å². The average Bonchev–Trinajstić information content (AvgIpc) is 3.42. The second-order valence-corrected chi connectivity index (χ2v) is 9.62. The first-order valence-corrected chi connectivity index (χ1v) is 12.4. The van der Waals surface area contributed by atoms with Crippen molar-refractivity contribution in [2.45, 2.75) is 45.3 Å². The molecule has 234 valence electrons. The third-order valence-corrected chi connectivity index (χ3v) is 5.91. The van der Waals surface area contributed by atoms with E-state index in [0.717, 1.165) is 35.0 Å². The van der Waals surface area contributed by atoms with E-state index in [0.29, 0.717) is 6.07 Å². The molecule has 0 aliphatic carbocycles. The average molecular weight is 631 g/mol. The highest BCUT2D eigenvalue weighted by molar-refractivity contribution is 5.77. The van der Waals surface area contributed by atoms with Crippen molar-refractivity contribution in [3.63, 3.8) is 0 Å². The number of halogens is 8. The molecule has 2 aromatic carbocycles. The molecule has 4 N–H and O–H groups in total. The van der Waals surface area contributed by atoms with Crippen LogP contribution in [0.4, 0.5) is 46.6 Å². The molecule has 0 aliphatic rings. The molecule has 0 fully saturated rings. The van der Waals surface area contributed by atoms with E-state index in [1.54, 1.807) is 13.8 Å². The Bertz CT molecular complexity index is 1760. The normalized spacial score (nSPS) is 12.1. The van der Waals surface area contributed by atoms with Crippen LogP contribution in [0.5, 0.6) is 0 Å². The maximum absolute atomic E-state index is 14.8. The van der Waals surface area contributed by atoms with Gasteiger partial charge >= 0.3 is 18.2 Å². The molecule has 2 heterocycles. The number of nitrogens with two attached hydrogens (primary N) is 1. The number of hydrogen-bond acceptors (Lipinski definition) is 8. The first-order chi connectivity index (χ1) is 20.5. The van der Waals surface area contributed by atoms with Gasteiger partial charge in [-0.25, -0.2) is 13.8 Å². The molecular formula is C26H21F8N7O3. The van der Waals surface area contributed by atoms with Gasteiger partial charge in [-0.05, 0) is 38.1 Å². The number of hydrogen-bond donors (Lipinski definition) is 3. The number of anilines is 2. The third-order valence-electron chi connectivity index (χ3n) is 5.91. The number of amides is 1. The third kappa shape index (κ3) is 6.95. The molecule has 18 heteroatoms. The Kier molecular flexibility index (Phi) is 8.64. The lowest BCUT2D eigenvalue weighted by Gasteiger charge is -2.17. The molecule has 44 heavy (non-hydrogen) atoms. The summed E-state index contributed by atoms with van der Waals surface area (Å²) >= 11 is 0. The van der Waals surface area contributed by atoms with Gasteiger partial charge in [0.2, 0.25) is 11.7 Å². The number of aromatic nitrogens is 4. The second-order valence-electron chi connectivity index (χ2n) is 9.62. The number of nitrogen functional groups attached to an aromatic ring is 1. The van der Waals surface area contributed by atoms with Crippen LogP contribution in [0.3, 0.4) is 0 Å². The minimum atomic E-state index is -5.01. The Morgan fingerprint density at radius 2 is 1.75 bits per heavy atom. The molecule has 0 saturated heterocycles. The predicted octanol–water partition coefficient (Wildman–Crippen LogP) is 5.00. The molecular weight excluding hydrogens is 610 g/mol. The van der Waals surface area contributed by atoms with Gasteiger partial charge in [0.05, 0.1) is 23.0 Å². The summed E-state index contributed by atoms with van der Waals surface area (Å²) in [7, 11) is 0. The Hall–Kier alpha value is -5.03. The Labute approximate surface area is 241 Å². The first kappa shape index (κ1) is 31.9. The maximum atomic E-state index is 14.8. The van der Waals surface area contributed by atoms with E-state index >= 15 is 0 Å². The van der Waals surface area contributed by atoms with E-state index in [2.05, 4.69) is 30.3 Å². The SMILES string of the molecule is CC(C)Nc1ncc(-c2cc(N)cc(C(F)(F)F)c2)n(CC(=O)NCc2ccc(-c3noc(C(F)(F)F)n3)c(F)c2F)c1=O. The molecule has 0 aliphatic heterocycles. The zero-order chi connectivity index (χ0) is 32.6. The van der Waals surface area contributed by atoms with Gasteiger partial charge < -0.3 is 20.9 Å². The zero-order valence-corrected chi connectivity index (χ0v) is 22.6. The van der Waals surface area contributed by atoms with Crippen LogP contribution in [0.25, 0.3) is 22.6 Å². The summed E-state index contributed by atoms with van der Waals surface area (Å²) in [6.07, 6.45) is -8.72. The molecule has 1 amide bonds. The number of rotatable bonds is 8. The maximum Gasteiger partial charge on any atom is 0.471 e. The predicted molar refractivity (Wildman–Crippen MR) is 139 cm³/mol. The fourth-order valence-corrected chi connectivity index (χ4v) is 3.95. The lowest BCUT2D eigenvalue weighted by molar-refractivity contribution is -0.159. The lowest BCUT2D eigenvalue weighted by atomic mass is 10.1. The smallest absolute Gasteiger partial charge is 0.399 e. The molecule has 0 atom stereocenters. The van der Waals surface area contributed by atoms with Crippen molar-refractivity contribution in [2.24, 2.45) is 0 Å². The quantitative estimate of drug-likeness (QED) is 0.183. The van der Waals surface area contributed by atoms with Gasteiger partial charge in [0.25, 0.3) is 5.56 Å². The molecule has 0 bridgehead atoms. The van der Waals surface area contributed by atoms with Gasteiger partial charge in [-0.2, -0.15) is 31.3 Å². The van der Waals surface area contributed by atoms with Crippen molar-refractivity contribution in [2.75, 3.05) is 11.1 Å². The highest BCUT2D eigenvalue weighted by atomic mass is 19.4. The summed E-state index contributed by atoms with van der Waals surface area (Å²) in [5.41, 5.74) is 1.84. The van der Waals surface area contributed by atoms with Crippen LogP contribution < -0.4 is 21.9 Å². The van der Waals surface area contributed by atoms with Crippen LogP contribution in [0.2, 0.25) is 0 Å². The second kappa shape index (κ2) is 11.9. The molecule has 10 nitrogen and oxygen atoms in total. The summed E-state index contributed by atoms with van der Waals surface area (Å²) < 4.78 is 113. The molecule has 2 aromatic heterocycles. The molecule has 4 rings (SSSR count). The fourth-order valence-electron chi connectivity index (χ4n) is 3.95. The molecule has 0 unspecified atom stereocenters. The number of benzene rings is 2. The summed E-state index contributed by atoms with van der Waals surface area (Å²) in [5, 5.41) is 8.02. The van der Waals surface area contributed by atoms with E-state index in [1.807, 2.05) is 0 Å². The van der Waals surface area contributed by atoms with Gasteiger partial charge in [0, 0.05) is 29.4 Å². The highest BCUT2D eigenvalue weighted by Crippen LogP contribution is 2.34. The van der Waals surface area contributed by atoms with Gasteiger partial charge in [-0.1, -0.05) is 11.2 Å². The Balaban J connectivity index is 1.61. The van der Waals surface area contributed by atoms with Gasteiger partial charge in [-0.3, -0.25) is 14.2 Å². The minimum absolute atomic E-state index is 0.176. The lowest BCUT2D eigenvalue weighted by Crippen LogP contribution is -2.35. The Morgan fingerprint density at radius 3 is 2.36 bits per heavy atom. The van der Waals surface area contributed by atoms with Crippen molar-refractivity contribution in [3.05, 3.63) is 75.5 Å². The standard InChI is InChI=1S/C26H21F8N7O3/c1-11(2)38-22-23(43)41(17(9-37-22)13-5-14(25(29,30)31)7-15(35)6-13)10-18(42)36-8-12-3-4-16(20(28)19(12)27)21-39-24(44-40-21)26(32,33)34/h3-7,9,11H,8,10,35H2,1-2H3,(H,36,42)(H,37,38). The van der Waals surface area contributed by atoms with Crippen molar-refractivity contribution in [1.82, 2.24) is 25.0 Å². The molecule has 0 saturated carbocycles. The van der Waals surface area contributed by atoms with E-state index in [9.17, 15) is 44.7 Å². The van der Waals surface area contributed by atoms with Gasteiger partial charge in [0.1, 0.15) is 6.54 Å². The Morgan fingerprint density at radius 1 is 1.05 bits per heavy atom. The topological polar surface area (TPSA) is 141 Å². The molecule has 0 spiro atoms. The van der Waals surface area contributed by atoms with Crippen molar-refractivity contribution < 1.29 is 44.4 Å². The number of alkyl halides is 6. The van der Waals surface area contributed by atoms with Crippen LogP contribution in [-0.4, -0.2) is 31.6 Å². The number of carbonyl (C=O) groups excluding carboxylic acids is 1.